The van der Waals surface area contributed by atoms with Crippen LogP contribution < -0.4 is 9.47 Å². The van der Waals surface area contributed by atoms with E-state index in [-0.39, 0.29) is 18.1 Å². The van der Waals surface area contributed by atoms with E-state index in [2.05, 4.69) is 25.8 Å². The fourth-order valence-corrected chi connectivity index (χ4v) is 2.81. The Bertz CT molecular complexity index is 488. The Morgan fingerprint density at radius 3 is 2.10 bits per heavy atom. The van der Waals surface area contributed by atoms with Gasteiger partial charge in [0.05, 0.1) is 12.7 Å². The Morgan fingerprint density at radius 2 is 1.59 bits per heavy atom. The van der Waals surface area contributed by atoms with Gasteiger partial charge in [0.1, 0.15) is 6.10 Å². The predicted molar refractivity (Wildman–Crippen MR) is 123 cm³/mol. The summed E-state index contributed by atoms with van der Waals surface area (Å²) in [6.45, 7) is 19.0. The molecule has 1 aliphatic carbocycles. The van der Waals surface area contributed by atoms with E-state index in [0.29, 0.717) is 30.4 Å². The molecule has 5 nitrogen and oxygen atoms in total. The van der Waals surface area contributed by atoms with Crippen LogP contribution in [0, 0.1) is 11.3 Å². The summed E-state index contributed by atoms with van der Waals surface area (Å²) < 4.78 is 16.8. The maximum atomic E-state index is 9.34. The average molecular weight is 414 g/mol. The molecule has 1 fully saturated rings. The van der Waals surface area contributed by atoms with E-state index in [0.717, 1.165) is 19.3 Å². The second-order valence-electron chi connectivity index (χ2n) is 7.33. The highest BCUT2D eigenvalue weighted by Gasteiger charge is 2.31. The van der Waals surface area contributed by atoms with Crippen molar-refractivity contribution < 1.29 is 19.3 Å². The van der Waals surface area contributed by atoms with Crippen molar-refractivity contribution in [2.24, 2.45) is 11.3 Å². The fourth-order valence-electron chi connectivity index (χ4n) is 2.81. The van der Waals surface area contributed by atoms with Crippen molar-refractivity contribution in [3.63, 3.8) is 0 Å². The predicted octanol–water partition coefficient (Wildman–Crippen LogP) is 6.14. The molecule has 0 aliphatic heterocycles. The van der Waals surface area contributed by atoms with Crippen LogP contribution >= 0.6 is 0 Å². The van der Waals surface area contributed by atoms with Crippen LogP contribution in [-0.2, 0) is 4.74 Å². The fraction of sp³-hybridized carbons (Fsp3) is 0.792. The Balaban J connectivity index is 0. The van der Waals surface area contributed by atoms with Gasteiger partial charge in [0.25, 0.3) is 0 Å². The zero-order valence-electron chi connectivity index (χ0n) is 20.6. The van der Waals surface area contributed by atoms with Crippen LogP contribution in [0.1, 0.15) is 81.6 Å². The van der Waals surface area contributed by atoms with Crippen LogP contribution in [0.2, 0.25) is 0 Å². The molecule has 1 unspecified atom stereocenters. The minimum Gasteiger partial charge on any atom is -0.477 e. The van der Waals surface area contributed by atoms with Crippen LogP contribution in [0.4, 0.5) is 0 Å². The van der Waals surface area contributed by atoms with E-state index in [1.165, 1.54) is 0 Å². The quantitative estimate of drug-likeness (QED) is 0.527. The third-order valence-corrected chi connectivity index (χ3v) is 4.22. The van der Waals surface area contributed by atoms with Crippen molar-refractivity contribution in [3.05, 3.63) is 18.2 Å². The number of hydrogen-bond donors (Lipinski definition) is 1. The smallest absolute Gasteiger partial charge is 0.216 e. The molecular formula is C24H47NO4. The van der Waals surface area contributed by atoms with E-state index in [1.807, 2.05) is 59.7 Å². The highest BCUT2D eigenvalue weighted by molar-refractivity contribution is 5.20. The zero-order valence-corrected chi connectivity index (χ0v) is 20.6. The van der Waals surface area contributed by atoms with Crippen molar-refractivity contribution in [1.29, 1.82) is 0 Å². The Hall–Kier alpha value is -1.33. The first-order valence-electron chi connectivity index (χ1n) is 11.3. The molecule has 1 aromatic heterocycles. The van der Waals surface area contributed by atoms with E-state index in [1.54, 1.807) is 7.11 Å². The summed E-state index contributed by atoms with van der Waals surface area (Å²) >= 11 is 0. The van der Waals surface area contributed by atoms with Crippen LogP contribution in [-0.4, -0.2) is 42.6 Å². The Kier molecular flexibility index (Phi) is 18.0. The first-order chi connectivity index (χ1) is 13.9. The summed E-state index contributed by atoms with van der Waals surface area (Å²) in [6, 6.07) is 5.59. The summed E-state index contributed by atoms with van der Waals surface area (Å²) in [6.07, 6.45) is 3.23. The molecule has 1 N–H and O–H groups in total. The molecule has 1 aromatic rings. The molecule has 1 aliphatic rings. The molecule has 29 heavy (non-hydrogen) atoms. The number of aromatic nitrogens is 1. The molecule has 1 heterocycles. The lowest BCUT2D eigenvalue weighted by Gasteiger charge is -2.33. The van der Waals surface area contributed by atoms with E-state index in [9.17, 15) is 5.11 Å². The first kappa shape index (κ1) is 29.9. The molecular weight excluding hydrogens is 366 g/mol. The van der Waals surface area contributed by atoms with Crippen LogP contribution in [0.25, 0.3) is 0 Å². The Labute approximate surface area is 180 Å². The number of ether oxygens (including phenoxy) is 3. The first-order valence-corrected chi connectivity index (χ1v) is 11.3. The van der Waals surface area contributed by atoms with Crippen LogP contribution in [0.3, 0.4) is 0 Å². The van der Waals surface area contributed by atoms with Crippen molar-refractivity contribution in [2.75, 3.05) is 20.3 Å². The van der Waals surface area contributed by atoms with Gasteiger partial charge in [-0.1, -0.05) is 68.4 Å². The number of aliphatic hydroxyl groups is 1. The number of pyridine rings is 1. The highest BCUT2D eigenvalue weighted by Crippen LogP contribution is 2.28. The maximum absolute atomic E-state index is 9.34. The van der Waals surface area contributed by atoms with E-state index >= 15 is 0 Å². The van der Waals surface area contributed by atoms with Gasteiger partial charge in [-0.05, 0) is 17.8 Å². The maximum Gasteiger partial charge on any atom is 0.216 e. The summed E-state index contributed by atoms with van der Waals surface area (Å²) in [5, 5.41) is 9.34. The molecule has 5 heteroatoms. The van der Waals surface area contributed by atoms with Gasteiger partial charge in [0.2, 0.25) is 11.8 Å². The Morgan fingerprint density at radius 1 is 1.03 bits per heavy atom. The second kappa shape index (κ2) is 17.5. The lowest BCUT2D eigenvalue weighted by Crippen LogP contribution is -2.39. The van der Waals surface area contributed by atoms with Crippen molar-refractivity contribution in [3.8, 4) is 11.8 Å². The molecule has 0 spiro atoms. The van der Waals surface area contributed by atoms with Gasteiger partial charge in [0, 0.05) is 38.7 Å². The molecule has 0 saturated heterocycles. The topological polar surface area (TPSA) is 60.8 Å². The number of nitrogens with zero attached hydrogens (tertiary/aromatic N) is 1. The van der Waals surface area contributed by atoms with Gasteiger partial charge in [-0.25, -0.2) is 0 Å². The van der Waals surface area contributed by atoms with Crippen molar-refractivity contribution >= 4 is 0 Å². The lowest BCUT2D eigenvalue weighted by molar-refractivity contribution is -0.0398. The molecule has 0 aromatic carbocycles. The van der Waals surface area contributed by atoms with E-state index < -0.39 is 0 Å². The van der Waals surface area contributed by atoms with Crippen molar-refractivity contribution in [2.45, 2.75) is 93.8 Å². The number of methoxy groups -OCH3 is 1. The minimum atomic E-state index is -0.0801. The average Bonchev–Trinajstić information content (AvgIpc) is 2.73. The molecule has 2 rings (SSSR count). The molecule has 1 atom stereocenters. The summed E-state index contributed by atoms with van der Waals surface area (Å²) in [7, 11) is 1.73. The van der Waals surface area contributed by atoms with Gasteiger partial charge in [-0.3, -0.25) is 0 Å². The molecule has 0 amide bonds. The van der Waals surface area contributed by atoms with Gasteiger partial charge < -0.3 is 19.3 Å². The van der Waals surface area contributed by atoms with Gasteiger partial charge in [-0.2, -0.15) is 4.98 Å². The van der Waals surface area contributed by atoms with E-state index in [4.69, 9.17) is 14.2 Å². The summed E-state index contributed by atoms with van der Waals surface area (Å²) in [5.74, 6) is 1.53. The molecule has 0 bridgehead atoms. The minimum absolute atomic E-state index is 0.0801. The number of hydrogen-bond acceptors (Lipinski definition) is 5. The lowest BCUT2D eigenvalue weighted by atomic mass is 9.84. The largest absolute Gasteiger partial charge is 0.477 e. The van der Waals surface area contributed by atoms with Gasteiger partial charge in [-0.15, -0.1) is 0 Å². The molecule has 0 radical (unpaired) electrons. The number of aliphatic hydroxyl groups excluding tert-OH is 1. The summed E-state index contributed by atoms with van der Waals surface area (Å²) in [4.78, 5) is 4.40. The monoisotopic (exact) mass is 413 g/mol. The van der Waals surface area contributed by atoms with Crippen molar-refractivity contribution in [1.82, 2.24) is 4.98 Å². The molecule has 1 saturated carbocycles. The second-order valence-corrected chi connectivity index (χ2v) is 7.33. The van der Waals surface area contributed by atoms with Gasteiger partial charge in [0.15, 0.2) is 0 Å². The van der Waals surface area contributed by atoms with Crippen LogP contribution in [0.5, 0.6) is 11.8 Å². The normalized spacial score (nSPS) is 18.3. The third kappa shape index (κ3) is 12.8. The SMILES string of the molecule is CC.CC.CC.COC1CC(Oc2cccc(OCC(C)CC(C)(C)CO)n2)C1. The number of rotatable bonds is 9. The third-order valence-electron chi connectivity index (χ3n) is 4.22. The highest BCUT2D eigenvalue weighted by atomic mass is 16.5. The molecule has 172 valence electrons. The zero-order chi connectivity index (χ0) is 22.9. The summed E-state index contributed by atoms with van der Waals surface area (Å²) in [5.41, 5.74) is -0.0801. The standard InChI is InChI=1S/C18H29NO4.3C2H6/c1-13(10-18(2,3)12-20)11-22-16-6-5-7-17(19-16)23-15-8-14(9-15)21-4;3*1-2/h5-7,13-15,20H,8-12H2,1-4H3;3*1-2H3. The van der Waals surface area contributed by atoms with Crippen LogP contribution in [0.15, 0.2) is 18.2 Å². The van der Waals surface area contributed by atoms with Gasteiger partial charge >= 0.3 is 0 Å².